The summed E-state index contributed by atoms with van der Waals surface area (Å²) in [6, 6.07) is 7.49. The summed E-state index contributed by atoms with van der Waals surface area (Å²) in [5.74, 6) is 4.63. The number of pyridine rings is 1. The highest BCUT2D eigenvalue weighted by Crippen LogP contribution is 2.16. The number of ether oxygens (including phenoxy) is 1. The minimum atomic E-state index is -4.05. The minimum absolute atomic E-state index is 0.0408. The Hall–Kier alpha value is -3.46. The molecule has 32 heavy (non-hydrogen) atoms. The van der Waals surface area contributed by atoms with E-state index in [1.54, 1.807) is 19.1 Å². The van der Waals surface area contributed by atoms with E-state index in [4.69, 9.17) is 9.94 Å². The average Bonchev–Trinajstić information content (AvgIpc) is 2.81. The van der Waals surface area contributed by atoms with Crippen molar-refractivity contribution in [2.45, 2.75) is 30.7 Å². The van der Waals surface area contributed by atoms with Gasteiger partial charge < -0.3 is 10.1 Å². The molecule has 2 amide bonds. The van der Waals surface area contributed by atoms with Crippen molar-refractivity contribution in [3.05, 3.63) is 54.4 Å². The third-order valence-electron chi connectivity index (χ3n) is 4.24. The molecular formula is C21H24N4O6S. The van der Waals surface area contributed by atoms with Crippen LogP contribution in [0, 0.1) is 11.8 Å². The zero-order valence-electron chi connectivity index (χ0n) is 17.4. The van der Waals surface area contributed by atoms with Crippen LogP contribution >= 0.6 is 0 Å². The summed E-state index contributed by atoms with van der Waals surface area (Å²) >= 11 is 0. The van der Waals surface area contributed by atoms with E-state index in [0.717, 1.165) is 0 Å². The van der Waals surface area contributed by atoms with Crippen LogP contribution in [0.3, 0.4) is 0 Å². The van der Waals surface area contributed by atoms with Crippen molar-refractivity contribution < 1.29 is 28.0 Å². The van der Waals surface area contributed by atoms with Gasteiger partial charge in [0.2, 0.25) is 10.0 Å². The van der Waals surface area contributed by atoms with Crippen LogP contribution in [-0.4, -0.2) is 49.6 Å². The molecule has 0 aliphatic carbocycles. The number of benzene rings is 1. The molecule has 0 saturated carbocycles. The number of nitrogens with one attached hydrogen (secondary N) is 3. The van der Waals surface area contributed by atoms with Gasteiger partial charge in [0.25, 0.3) is 11.8 Å². The van der Waals surface area contributed by atoms with Crippen molar-refractivity contribution in [1.29, 1.82) is 0 Å². The van der Waals surface area contributed by atoms with Gasteiger partial charge in [-0.15, -0.1) is 5.92 Å². The van der Waals surface area contributed by atoms with Crippen molar-refractivity contribution >= 4 is 21.8 Å². The Kier molecular flexibility index (Phi) is 9.62. The predicted octanol–water partition coefficient (Wildman–Crippen LogP) is 0.846. The Morgan fingerprint density at radius 3 is 2.47 bits per heavy atom. The fourth-order valence-corrected chi connectivity index (χ4v) is 3.83. The number of sulfonamides is 1. The number of hydrogen-bond donors (Lipinski definition) is 4. The predicted molar refractivity (Wildman–Crippen MR) is 115 cm³/mol. The summed E-state index contributed by atoms with van der Waals surface area (Å²) in [5.41, 5.74) is 1.89. The molecule has 1 atom stereocenters. The molecule has 2 rings (SSSR count). The van der Waals surface area contributed by atoms with Crippen molar-refractivity contribution in [2.75, 3.05) is 13.2 Å². The molecule has 0 radical (unpaired) electrons. The van der Waals surface area contributed by atoms with E-state index < -0.39 is 22.0 Å². The summed E-state index contributed by atoms with van der Waals surface area (Å²) < 4.78 is 32.9. The number of rotatable bonds is 11. The first-order chi connectivity index (χ1) is 15.4. The first-order valence-electron chi connectivity index (χ1n) is 9.64. The van der Waals surface area contributed by atoms with E-state index in [1.807, 2.05) is 0 Å². The molecule has 1 aromatic heterocycles. The standard InChI is InChI=1S/C21H24N4O6S/c1-2-3-15-31-17-6-8-18(9-7-17)32(29,30)25-19(21(27)24-28)5-4-12-23-20(26)16-10-13-22-14-11-16/h6-11,13-14,19,25,28H,4-5,12,15H2,1H3,(H,23,26)(H,24,27). The van der Waals surface area contributed by atoms with Gasteiger partial charge in [-0.25, -0.2) is 13.9 Å². The summed E-state index contributed by atoms with van der Waals surface area (Å²) in [6.45, 7) is 2.06. The second-order valence-electron chi connectivity index (χ2n) is 6.47. The molecule has 11 heteroatoms. The number of amides is 2. The van der Waals surface area contributed by atoms with Crippen LogP contribution < -0.4 is 20.3 Å². The van der Waals surface area contributed by atoms with Gasteiger partial charge in [0.1, 0.15) is 18.4 Å². The molecule has 0 aliphatic rings. The molecule has 1 heterocycles. The summed E-state index contributed by atoms with van der Waals surface area (Å²) in [4.78, 5) is 27.7. The topological polar surface area (TPSA) is 147 Å². The lowest BCUT2D eigenvalue weighted by atomic mass is 10.1. The fraction of sp³-hybridized carbons (Fsp3) is 0.286. The van der Waals surface area contributed by atoms with E-state index in [0.29, 0.717) is 11.3 Å². The fourth-order valence-electron chi connectivity index (χ4n) is 2.60. The number of carbonyl (C=O) groups excluding carboxylic acids is 2. The van der Waals surface area contributed by atoms with Gasteiger partial charge in [-0.3, -0.25) is 19.8 Å². The summed E-state index contributed by atoms with van der Waals surface area (Å²) in [7, 11) is -4.05. The summed E-state index contributed by atoms with van der Waals surface area (Å²) in [6.07, 6.45) is 3.30. The summed E-state index contributed by atoms with van der Waals surface area (Å²) in [5, 5.41) is 11.6. The smallest absolute Gasteiger partial charge is 0.261 e. The largest absolute Gasteiger partial charge is 0.481 e. The maximum absolute atomic E-state index is 12.6. The average molecular weight is 461 g/mol. The van der Waals surface area contributed by atoms with Gasteiger partial charge in [0.15, 0.2) is 0 Å². The Morgan fingerprint density at radius 1 is 1.16 bits per heavy atom. The minimum Gasteiger partial charge on any atom is -0.481 e. The molecule has 1 aromatic carbocycles. The van der Waals surface area contributed by atoms with E-state index in [-0.39, 0.29) is 36.8 Å². The highest BCUT2D eigenvalue weighted by atomic mass is 32.2. The highest BCUT2D eigenvalue weighted by molar-refractivity contribution is 7.89. The number of aromatic nitrogens is 1. The van der Waals surface area contributed by atoms with Gasteiger partial charge in [-0.05, 0) is 56.2 Å². The first kappa shape index (κ1) is 24.8. The molecule has 2 aromatic rings. The number of nitrogens with zero attached hydrogens (tertiary/aromatic N) is 1. The molecular weight excluding hydrogens is 436 g/mol. The Balaban J connectivity index is 1.94. The molecule has 1 unspecified atom stereocenters. The third-order valence-corrected chi connectivity index (χ3v) is 5.73. The van der Waals surface area contributed by atoms with Crippen LogP contribution in [0.1, 0.15) is 30.1 Å². The molecule has 0 fully saturated rings. The van der Waals surface area contributed by atoms with Crippen molar-refractivity contribution in [3.63, 3.8) is 0 Å². The van der Waals surface area contributed by atoms with E-state index in [2.05, 4.69) is 26.9 Å². The van der Waals surface area contributed by atoms with Crippen LogP contribution in [0.25, 0.3) is 0 Å². The molecule has 0 bridgehead atoms. The number of hydroxylamine groups is 1. The Labute approximate surface area is 186 Å². The van der Waals surface area contributed by atoms with Crippen molar-refractivity contribution in [3.8, 4) is 17.6 Å². The molecule has 4 N–H and O–H groups in total. The molecule has 0 spiro atoms. The lowest BCUT2D eigenvalue weighted by Crippen LogP contribution is -2.46. The number of carbonyl (C=O) groups is 2. The Bertz CT molecular complexity index is 1060. The second kappa shape index (κ2) is 12.4. The van der Waals surface area contributed by atoms with Gasteiger partial charge in [0, 0.05) is 24.5 Å². The zero-order chi connectivity index (χ0) is 23.4. The normalized spacial score (nSPS) is 11.6. The quantitative estimate of drug-likeness (QED) is 0.168. The monoisotopic (exact) mass is 460 g/mol. The van der Waals surface area contributed by atoms with E-state index >= 15 is 0 Å². The second-order valence-corrected chi connectivity index (χ2v) is 8.18. The van der Waals surface area contributed by atoms with Gasteiger partial charge >= 0.3 is 0 Å². The Morgan fingerprint density at radius 2 is 1.84 bits per heavy atom. The van der Waals surface area contributed by atoms with Crippen LogP contribution in [0.5, 0.6) is 5.75 Å². The maximum atomic E-state index is 12.6. The van der Waals surface area contributed by atoms with Crippen LogP contribution in [-0.2, 0) is 14.8 Å². The molecule has 10 nitrogen and oxygen atoms in total. The van der Waals surface area contributed by atoms with Crippen molar-refractivity contribution in [2.24, 2.45) is 0 Å². The van der Waals surface area contributed by atoms with Crippen LogP contribution in [0.2, 0.25) is 0 Å². The van der Waals surface area contributed by atoms with Crippen molar-refractivity contribution in [1.82, 2.24) is 20.5 Å². The van der Waals surface area contributed by atoms with Gasteiger partial charge in [-0.2, -0.15) is 4.72 Å². The third kappa shape index (κ3) is 7.66. The number of hydrogen-bond acceptors (Lipinski definition) is 7. The van der Waals surface area contributed by atoms with Crippen LogP contribution in [0.15, 0.2) is 53.7 Å². The maximum Gasteiger partial charge on any atom is 0.261 e. The van der Waals surface area contributed by atoms with E-state index in [1.165, 1.54) is 42.1 Å². The van der Waals surface area contributed by atoms with Crippen LogP contribution in [0.4, 0.5) is 0 Å². The van der Waals surface area contributed by atoms with E-state index in [9.17, 15) is 18.0 Å². The zero-order valence-corrected chi connectivity index (χ0v) is 18.2. The molecule has 0 aliphatic heterocycles. The van der Waals surface area contributed by atoms with Gasteiger partial charge in [0.05, 0.1) is 4.90 Å². The lowest BCUT2D eigenvalue weighted by Gasteiger charge is -2.17. The molecule has 0 saturated heterocycles. The lowest BCUT2D eigenvalue weighted by molar-refractivity contribution is -0.131. The molecule has 170 valence electrons. The van der Waals surface area contributed by atoms with Gasteiger partial charge in [-0.1, -0.05) is 5.92 Å². The highest BCUT2D eigenvalue weighted by Gasteiger charge is 2.25. The first-order valence-corrected chi connectivity index (χ1v) is 11.1. The SMILES string of the molecule is CC#CCOc1ccc(S(=O)(=O)NC(CCCNC(=O)c2ccncc2)C(=O)NO)cc1.